The van der Waals surface area contributed by atoms with E-state index in [1.807, 2.05) is 31.3 Å². The number of ether oxygens (including phenoxy) is 1. The summed E-state index contributed by atoms with van der Waals surface area (Å²) in [6.45, 7) is 2.04. The molecule has 12 heteroatoms. The van der Waals surface area contributed by atoms with Gasteiger partial charge in [-0.3, -0.25) is 9.59 Å². The molecule has 2 aromatic rings. The molecular weight excluding hydrogens is 454 g/mol. The number of benzene rings is 1. The lowest BCUT2D eigenvalue weighted by Crippen LogP contribution is -2.45. The highest BCUT2D eigenvalue weighted by Crippen LogP contribution is 2.30. The van der Waals surface area contributed by atoms with Crippen molar-refractivity contribution in [2.24, 2.45) is 7.05 Å². The Bertz CT molecular complexity index is 1090. The first-order chi connectivity index (χ1) is 15.2. The standard InChI is InChI=1S/C20H27N5O5S2/c1-4-25(11-17(26)21-14-9-10-32(28,29)13-14)18(27)12-31-20-23-22-19(24(20)2)15-7-5-6-8-16(15)30-3/h5-8,14H,4,9-13H2,1-3H3,(H,21,26). The van der Waals surface area contributed by atoms with Crippen LogP contribution in [0.1, 0.15) is 13.3 Å². The van der Waals surface area contributed by atoms with E-state index < -0.39 is 9.84 Å². The van der Waals surface area contributed by atoms with Crippen LogP contribution < -0.4 is 10.1 Å². The van der Waals surface area contributed by atoms with E-state index in [2.05, 4.69) is 15.5 Å². The van der Waals surface area contributed by atoms with Gasteiger partial charge in [0.2, 0.25) is 11.8 Å². The van der Waals surface area contributed by atoms with Crippen molar-refractivity contribution in [2.45, 2.75) is 24.5 Å². The van der Waals surface area contributed by atoms with Crippen molar-refractivity contribution < 1.29 is 22.7 Å². The van der Waals surface area contributed by atoms with Gasteiger partial charge >= 0.3 is 0 Å². The van der Waals surface area contributed by atoms with Gasteiger partial charge in [0.25, 0.3) is 0 Å². The van der Waals surface area contributed by atoms with Crippen molar-refractivity contribution in [3.63, 3.8) is 0 Å². The number of carbonyl (C=O) groups is 2. The summed E-state index contributed by atoms with van der Waals surface area (Å²) >= 11 is 1.23. The van der Waals surface area contributed by atoms with Crippen LogP contribution in [0.25, 0.3) is 11.4 Å². The lowest BCUT2D eigenvalue weighted by molar-refractivity contribution is -0.134. The second-order valence-electron chi connectivity index (χ2n) is 7.43. The fourth-order valence-electron chi connectivity index (χ4n) is 3.45. The number of nitrogens with one attached hydrogen (secondary N) is 1. The maximum absolute atomic E-state index is 12.7. The number of carbonyl (C=O) groups excluding carboxylic acids is 2. The van der Waals surface area contributed by atoms with Crippen LogP contribution in [0.2, 0.25) is 0 Å². The van der Waals surface area contributed by atoms with Crippen LogP contribution in [0.5, 0.6) is 5.75 Å². The molecule has 1 saturated heterocycles. The molecule has 2 amide bonds. The molecular formula is C20H27N5O5S2. The van der Waals surface area contributed by atoms with Crippen LogP contribution in [-0.2, 0) is 26.5 Å². The molecule has 174 valence electrons. The molecule has 1 aromatic carbocycles. The van der Waals surface area contributed by atoms with Crippen LogP contribution in [0.4, 0.5) is 0 Å². The minimum absolute atomic E-state index is 0.0463. The summed E-state index contributed by atoms with van der Waals surface area (Å²) < 4.78 is 30.3. The van der Waals surface area contributed by atoms with Crippen LogP contribution in [0.15, 0.2) is 29.4 Å². The molecule has 3 rings (SSSR count). The number of amides is 2. The Morgan fingerprint density at radius 3 is 2.72 bits per heavy atom. The minimum Gasteiger partial charge on any atom is -0.496 e. The number of rotatable bonds is 9. The largest absolute Gasteiger partial charge is 0.496 e. The summed E-state index contributed by atoms with van der Waals surface area (Å²) in [7, 11) is 0.324. The van der Waals surface area contributed by atoms with Gasteiger partial charge in [0.1, 0.15) is 5.75 Å². The second kappa shape index (κ2) is 10.3. The van der Waals surface area contributed by atoms with Gasteiger partial charge in [-0.25, -0.2) is 8.42 Å². The Kier molecular flexibility index (Phi) is 7.77. The highest BCUT2D eigenvalue weighted by Gasteiger charge is 2.29. The monoisotopic (exact) mass is 481 g/mol. The summed E-state index contributed by atoms with van der Waals surface area (Å²) in [5.74, 6) is 0.855. The van der Waals surface area contributed by atoms with Crippen molar-refractivity contribution in [2.75, 3.05) is 37.5 Å². The van der Waals surface area contributed by atoms with Gasteiger partial charge < -0.3 is 19.5 Å². The normalized spacial score (nSPS) is 17.2. The molecule has 1 unspecified atom stereocenters. The number of thioether (sulfide) groups is 1. The number of sulfone groups is 1. The Labute approximate surface area is 191 Å². The Morgan fingerprint density at radius 1 is 1.31 bits per heavy atom. The van der Waals surface area contributed by atoms with Crippen molar-refractivity contribution >= 4 is 33.4 Å². The van der Waals surface area contributed by atoms with E-state index in [0.717, 1.165) is 5.56 Å². The quantitative estimate of drug-likeness (QED) is 0.520. The molecule has 1 aliphatic heterocycles. The maximum atomic E-state index is 12.7. The molecule has 0 aliphatic carbocycles. The third kappa shape index (κ3) is 5.80. The summed E-state index contributed by atoms with van der Waals surface area (Å²) in [6, 6.07) is 7.09. The fourth-order valence-corrected chi connectivity index (χ4v) is 5.94. The summed E-state index contributed by atoms with van der Waals surface area (Å²) in [5, 5.41) is 11.7. The van der Waals surface area contributed by atoms with Crippen molar-refractivity contribution in [1.29, 1.82) is 0 Å². The minimum atomic E-state index is -3.08. The summed E-state index contributed by atoms with van der Waals surface area (Å²) in [4.78, 5) is 26.4. The van der Waals surface area contributed by atoms with Crippen LogP contribution in [0.3, 0.4) is 0 Å². The molecule has 1 aliphatic rings. The first-order valence-electron chi connectivity index (χ1n) is 10.2. The topological polar surface area (TPSA) is 123 Å². The average molecular weight is 482 g/mol. The molecule has 1 N–H and O–H groups in total. The molecule has 2 heterocycles. The molecule has 10 nitrogen and oxygen atoms in total. The third-order valence-electron chi connectivity index (χ3n) is 5.17. The smallest absolute Gasteiger partial charge is 0.239 e. The van der Waals surface area contributed by atoms with Crippen molar-refractivity contribution in [1.82, 2.24) is 25.0 Å². The first-order valence-corrected chi connectivity index (χ1v) is 13.0. The van der Waals surface area contributed by atoms with E-state index in [1.54, 1.807) is 18.6 Å². The number of likely N-dealkylation sites (N-methyl/N-ethyl adjacent to an activating group) is 1. The van der Waals surface area contributed by atoms with E-state index >= 15 is 0 Å². The van der Waals surface area contributed by atoms with Gasteiger partial charge in [-0.2, -0.15) is 0 Å². The van der Waals surface area contributed by atoms with E-state index in [-0.39, 0.29) is 41.7 Å². The molecule has 1 aromatic heterocycles. The molecule has 1 atom stereocenters. The molecule has 0 radical (unpaired) electrons. The fraction of sp³-hybridized carbons (Fsp3) is 0.500. The number of methoxy groups -OCH3 is 1. The molecule has 0 saturated carbocycles. The van der Waals surface area contributed by atoms with Gasteiger partial charge in [0, 0.05) is 19.6 Å². The Balaban J connectivity index is 1.57. The number of hydrogen-bond acceptors (Lipinski definition) is 8. The van der Waals surface area contributed by atoms with Crippen LogP contribution in [-0.4, -0.2) is 83.4 Å². The second-order valence-corrected chi connectivity index (χ2v) is 10.6. The molecule has 0 bridgehead atoms. The van der Waals surface area contributed by atoms with Gasteiger partial charge in [-0.05, 0) is 25.5 Å². The number of nitrogens with zero attached hydrogens (tertiary/aromatic N) is 4. The van der Waals surface area contributed by atoms with E-state index in [4.69, 9.17) is 4.74 Å². The first kappa shape index (κ1) is 24.1. The SMILES string of the molecule is CCN(CC(=O)NC1CCS(=O)(=O)C1)C(=O)CSc1nnc(-c2ccccc2OC)n1C. The molecule has 1 fully saturated rings. The highest BCUT2D eigenvalue weighted by atomic mass is 32.2. The predicted molar refractivity (Wildman–Crippen MR) is 121 cm³/mol. The van der Waals surface area contributed by atoms with Crippen molar-refractivity contribution in [3.8, 4) is 17.1 Å². The van der Waals surface area contributed by atoms with Gasteiger partial charge in [0.15, 0.2) is 20.8 Å². The van der Waals surface area contributed by atoms with E-state index in [9.17, 15) is 18.0 Å². The van der Waals surface area contributed by atoms with Gasteiger partial charge in [0.05, 0.1) is 36.5 Å². The lowest BCUT2D eigenvalue weighted by Gasteiger charge is -2.21. The summed E-state index contributed by atoms with van der Waals surface area (Å²) in [5.41, 5.74) is 0.795. The molecule has 0 spiro atoms. The number of para-hydroxylation sites is 1. The lowest BCUT2D eigenvalue weighted by atomic mass is 10.2. The highest BCUT2D eigenvalue weighted by molar-refractivity contribution is 7.99. The van der Waals surface area contributed by atoms with E-state index in [0.29, 0.717) is 29.7 Å². The number of hydrogen-bond donors (Lipinski definition) is 1. The third-order valence-corrected chi connectivity index (χ3v) is 7.95. The van der Waals surface area contributed by atoms with Crippen molar-refractivity contribution in [3.05, 3.63) is 24.3 Å². The number of aromatic nitrogens is 3. The Morgan fingerprint density at radius 2 is 2.06 bits per heavy atom. The van der Waals surface area contributed by atoms with Crippen LogP contribution in [0, 0.1) is 0 Å². The zero-order valence-corrected chi connectivity index (χ0v) is 19.9. The van der Waals surface area contributed by atoms with E-state index in [1.165, 1.54) is 16.7 Å². The Hall–Kier alpha value is -2.60. The zero-order chi connectivity index (χ0) is 23.3. The maximum Gasteiger partial charge on any atom is 0.239 e. The van der Waals surface area contributed by atoms with Gasteiger partial charge in [-0.1, -0.05) is 23.9 Å². The molecule has 32 heavy (non-hydrogen) atoms. The van der Waals surface area contributed by atoms with Gasteiger partial charge in [-0.15, -0.1) is 10.2 Å². The predicted octanol–water partition coefficient (Wildman–Crippen LogP) is 0.735. The average Bonchev–Trinajstić information content (AvgIpc) is 3.30. The zero-order valence-electron chi connectivity index (χ0n) is 18.3. The summed E-state index contributed by atoms with van der Waals surface area (Å²) in [6.07, 6.45) is 0.407. The van der Waals surface area contributed by atoms with Crippen LogP contribution >= 0.6 is 11.8 Å².